The van der Waals surface area contributed by atoms with Crippen LogP contribution in [-0.4, -0.2) is 23.8 Å². The van der Waals surface area contributed by atoms with Crippen molar-refractivity contribution in [2.24, 2.45) is 0 Å². The number of pyridine rings is 3. The van der Waals surface area contributed by atoms with Crippen molar-refractivity contribution in [3.63, 3.8) is 0 Å². The number of ether oxygens (including phenoxy) is 1. The van der Waals surface area contributed by atoms with E-state index < -0.39 is 0 Å². The number of imidazole rings is 2. The van der Waals surface area contributed by atoms with Crippen molar-refractivity contribution in [3.05, 3.63) is 174 Å². The predicted octanol–water partition coefficient (Wildman–Crippen LogP) is 13.7. The number of hydrogen-bond donors (Lipinski definition) is 0. The van der Waals surface area contributed by atoms with Crippen LogP contribution >= 0.6 is 0 Å². The molecule has 0 saturated heterocycles. The molecule has 12 rings (SSSR count). The van der Waals surface area contributed by atoms with E-state index in [1.807, 2.05) is 6.07 Å². The van der Waals surface area contributed by atoms with E-state index in [4.69, 9.17) is 19.7 Å². The largest absolute Gasteiger partial charge is 0.457 e. The molecule has 0 unspecified atom stereocenters. The molecule has 0 saturated carbocycles. The zero-order chi connectivity index (χ0) is 39.5. The number of aromatic nitrogens is 5. The summed E-state index contributed by atoms with van der Waals surface area (Å²) < 4.78 is 11.3. The number of benzene rings is 7. The summed E-state index contributed by atoms with van der Waals surface area (Å²) in [5, 5.41) is 6.47. The highest BCUT2D eigenvalue weighted by atomic mass is 16.5. The van der Waals surface area contributed by atoms with Crippen LogP contribution in [0.15, 0.2) is 152 Å². The van der Waals surface area contributed by atoms with Crippen LogP contribution in [0.5, 0.6) is 11.5 Å². The minimum Gasteiger partial charge on any atom is -0.457 e. The number of fused-ring (bicyclic) bond motifs is 16. The van der Waals surface area contributed by atoms with Gasteiger partial charge in [0.15, 0.2) is 0 Å². The van der Waals surface area contributed by atoms with Crippen LogP contribution < -0.4 is 4.74 Å². The monoisotopic (exact) mass is 759 g/mol. The molecule has 0 atom stereocenters. The quantitative estimate of drug-likeness (QED) is 0.168. The Hall–Kier alpha value is -7.57. The second-order valence-corrected chi connectivity index (χ2v) is 15.9. The van der Waals surface area contributed by atoms with Crippen molar-refractivity contribution >= 4 is 76.8 Å². The van der Waals surface area contributed by atoms with E-state index in [1.54, 1.807) is 0 Å². The Morgan fingerprint density at radius 2 is 0.881 bits per heavy atom. The maximum Gasteiger partial charge on any atom is 0.147 e. The molecule has 12 aromatic rings. The number of nitrogens with zero attached hydrogens (tertiary/aromatic N) is 5. The Morgan fingerprint density at radius 3 is 1.53 bits per heavy atom. The molecule has 280 valence electrons. The van der Waals surface area contributed by atoms with E-state index in [2.05, 4.69) is 182 Å². The maximum atomic E-state index is 6.78. The molecule has 59 heavy (non-hydrogen) atoms. The molecule has 0 N–H and O–H groups in total. The fraction of sp³-hybridized carbons (Fsp3) is 0.0755. The Balaban J connectivity index is 1.04. The molecule has 0 radical (unpaired) electrons. The van der Waals surface area contributed by atoms with Gasteiger partial charge >= 0.3 is 0 Å². The van der Waals surface area contributed by atoms with Crippen molar-refractivity contribution < 1.29 is 4.74 Å². The van der Waals surface area contributed by atoms with Crippen molar-refractivity contribution in [2.45, 2.75) is 27.7 Å². The molecule has 0 fully saturated rings. The molecule has 0 amide bonds. The topological polar surface area (TPSA) is 56.7 Å². The van der Waals surface area contributed by atoms with Gasteiger partial charge in [0, 0.05) is 27.1 Å². The molecular formula is C53H37N5O. The van der Waals surface area contributed by atoms with Crippen LogP contribution in [0.4, 0.5) is 0 Å². The zero-order valence-electron chi connectivity index (χ0n) is 33.1. The van der Waals surface area contributed by atoms with Crippen LogP contribution in [0.2, 0.25) is 0 Å². The maximum absolute atomic E-state index is 6.78. The van der Waals surface area contributed by atoms with Gasteiger partial charge in [-0.1, -0.05) is 72.8 Å². The van der Waals surface area contributed by atoms with Crippen LogP contribution in [0.1, 0.15) is 22.3 Å². The standard InChI is InChI=1S/C53H37N5O/c1-30-11-9-12-31(2)49(30)34-19-22-39-37-23-20-35(28-41(37)52-54-43-15-5-7-17-46(43)57(52)48(39)27-34)59-36-21-24-38-40-25-26-45(50-32(3)13-10-14-33(50)4)56-51(40)58-47-18-8-6-16-44(47)55-53(58)42(38)29-36/h5-29H,1-4H3. The average Bonchev–Trinajstić information content (AvgIpc) is 3.84. The van der Waals surface area contributed by atoms with Crippen molar-refractivity contribution in [3.8, 4) is 33.9 Å². The van der Waals surface area contributed by atoms with Gasteiger partial charge in [-0.3, -0.25) is 8.80 Å². The summed E-state index contributed by atoms with van der Waals surface area (Å²) >= 11 is 0. The van der Waals surface area contributed by atoms with Crippen molar-refractivity contribution in [2.75, 3.05) is 0 Å². The van der Waals surface area contributed by atoms with Gasteiger partial charge in [0.2, 0.25) is 0 Å². The third-order valence-electron chi connectivity index (χ3n) is 12.2. The predicted molar refractivity (Wildman–Crippen MR) is 243 cm³/mol. The first kappa shape index (κ1) is 33.6. The molecular weight excluding hydrogens is 723 g/mol. The number of rotatable bonds is 4. The second kappa shape index (κ2) is 12.5. The van der Waals surface area contributed by atoms with E-state index in [0.29, 0.717) is 0 Å². The molecule has 0 spiro atoms. The average molecular weight is 760 g/mol. The van der Waals surface area contributed by atoms with Gasteiger partial charge in [0.05, 0.1) is 33.3 Å². The normalized spacial score (nSPS) is 12.1. The highest BCUT2D eigenvalue weighted by Gasteiger charge is 2.19. The first-order valence-electron chi connectivity index (χ1n) is 20.1. The third-order valence-corrected chi connectivity index (χ3v) is 12.2. The van der Waals surface area contributed by atoms with Gasteiger partial charge in [-0.25, -0.2) is 15.0 Å². The molecule has 5 aromatic heterocycles. The summed E-state index contributed by atoms with van der Waals surface area (Å²) in [4.78, 5) is 15.8. The van der Waals surface area contributed by atoms with Gasteiger partial charge in [-0.2, -0.15) is 0 Å². The Kier molecular flexibility index (Phi) is 7.09. The van der Waals surface area contributed by atoms with E-state index >= 15 is 0 Å². The van der Waals surface area contributed by atoms with Crippen LogP contribution in [0, 0.1) is 27.7 Å². The smallest absolute Gasteiger partial charge is 0.147 e. The van der Waals surface area contributed by atoms with Gasteiger partial charge in [-0.15, -0.1) is 0 Å². The number of para-hydroxylation sites is 4. The lowest BCUT2D eigenvalue weighted by Crippen LogP contribution is -1.98. The summed E-state index contributed by atoms with van der Waals surface area (Å²) in [5.41, 5.74) is 17.3. The minimum atomic E-state index is 0.730. The summed E-state index contributed by atoms with van der Waals surface area (Å²) in [6, 6.07) is 53.5. The molecule has 6 heteroatoms. The molecule has 7 aromatic carbocycles. The molecule has 5 heterocycles. The highest BCUT2D eigenvalue weighted by Crippen LogP contribution is 2.40. The first-order valence-corrected chi connectivity index (χ1v) is 20.1. The SMILES string of the molecule is Cc1cccc(C)c1-c1ccc2c3ccc(Oc4ccc5c6ccc(-c7c(C)cccc7C)nc6n6c7ccccc7nc6c5c4)cc3c3nc4ccccc4n3c2c1. The Bertz CT molecular complexity index is 3470. The number of aryl methyl sites for hydroxylation is 4. The van der Waals surface area contributed by atoms with Crippen molar-refractivity contribution in [1.82, 2.24) is 23.8 Å². The van der Waals surface area contributed by atoms with E-state index in [9.17, 15) is 0 Å². The second-order valence-electron chi connectivity index (χ2n) is 15.9. The Labute approximate surface area is 339 Å². The highest BCUT2D eigenvalue weighted by molar-refractivity contribution is 6.16. The van der Waals surface area contributed by atoms with E-state index in [0.717, 1.165) is 94.0 Å². The van der Waals surface area contributed by atoms with Gasteiger partial charge in [0.1, 0.15) is 28.4 Å². The van der Waals surface area contributed by atoms with Gasteiger partial charge < -0.3 is 4.74 Å². The first-order chi connectivity index (χ1) is 28.9. The van der Waals surface area contributed by atoms with Crippen LogP contribution in [0.25, 0.3) is 99.2 Å². The summed E-state index contributed by atoms with van der Waals surface area (Å²) in [7, 11) is 0. The molecule has 0 aliphatic carbocycles. The minimum absolute atomic E-state index is 0.730. The van der Waals surface area contributed by atoms with Crippen molar-refractivity contribution in [1.29, 1.82) is 0 Å². The van der Waals surface area contributed by atoms with Gasteiger partial charge in [-0.05, 0) is 151 Å². The Morgan fingerprint density at radius 1 is 0.373 bits per heavy atom. The number of hydrogen-bond acceptors (Lipinski definition) is 4. The lowest BCUT2D eigenvalue weighted by Gasteiger charge is -2.15. The van der Waals surface area contributed by atoms with Crippen LogP contribution in [0.3, 0.4) is 0 Å². The molecule has 0 aliphatic rings. The third kappa shape index (κ3) is 4.96. The van der Waals surface area contributed by atoms with E-state index in [-0.39, 0.29) is 0 Å². The zero-order valence-corrected chi connectivity index (χ0v) is 33.1. The lowest BCUT2D eigenvalue weighted by molar-refractivity contribution is 0.484. The molecule has 0 bridgehead atoms. The van der Waals surface area contributed by atoms with Gasteiger partial charge in [0.25, 0.3) is 0 Å². The summed E-state index contributed by atoms with van der Waals surface area (Å²) in [5.74, 6) is 1.47. The van der Waals surface area contributed by atoms with E-state index in [1.165, 1.54) is 38.9 Å². The molecule has 6 nitrogen and oxygen atoms in total. The fourth-order valence-electron chi connectivity index (χ4n) is 9.58. The lowest BCUT2D eigenvalue weighted by atomic mass is 9.94. The summed E-state index contributed by atoms with van der Waals surface area (Å²) in [6.45, 7) is 8.68. The summed E-state index contributed by atoms with van der Waals surface area (Å²) in [6.07, 6.45) is 0. The molecule has 0 aliphatic heterocycles. The fourth-order valence-corrected chi connectivity index (χ4v) is 9.58. The van der Waals surface area contributed by atoms with Crippen LogP contribution in [-0.2, 0) is 0 Å².